The van der Waals surface area contributed by atoms with Crippen LogP contribution in [0.3, 0.4) is 0 Å². The molecule has 82 valence electrons. The topological polar surface area (TPSA) is 12.0 Å². The van der Waals surface area contributed by atoms with Gasteiger partial charge in [-0.05, 0) is 17.5 Å². The van der Waals surface area contributed by atoms with Crippen molar-refractivity contribution < 1.29 is 4.39 Å². The number of hydrogen-bond acceptors (Lipinski definition) is 1. The standard InChI is InChI=1S/C13H18FN/c1-3-5-9(2)11-8-15-13-10(11)6-4-7-12(13)14/h4,6-7,9,11,15H,3,5,8H2,1-2H3. The molecule has 2 unspecified atom stereocenters. The van der Waals surface area contributed by atoms with Crippen LogP contribution in [0.15, 0.2) is 18.2 Å². The summed E-state index contributed by atoms with van der Waals surface area (Å²) in [7, 11) is 0. The van der Waals surface area contributed by atoms with Gasteiger partial charge in [-0.15, -0.1) is 0 Å². The molecule has 0 spiro atoms. The lowest BCUT2D eigenvalue weighted by atomic mass is 9.86. The van der Waals surface area contributed by atoms with E-state index in [4.69, 9.17) is 0 Å². The van der Waals surface area contributed by atoms with Crippen molar-refractivity contribution in [3.63, 3.8) is 0 Å². The van der Waals surface area contributed by atoms with Crippen LogP contribution in [0.1, 0.15) is 38.2 Å². The van der Waals surface area contributed by atoms with Crippen LogP contribution < -0.4 is 5.32 Å². The van der Waals surface area contributed by atoms with Gasteiger partial charge in [0.2, 0.25) is 0 Å². The monoisotopic (exact) mass is 207 g/mol. The molecule has 0 amide bonds. The van der Waals surface area contributed by atoms with Crippen molar-refractivity contribution in [1.82, 2.24) is 0 Å². The molecule has 1 aromatic carbocycles. The Balaban J connectivity index is 2.25. The molecule has 0 radical (unpaired) electrons. The van der Waals surface area contributed by atoms with Crippen LogP contribution in [0.25, 0.3) is 0 Å². The summed E-state index contributed by atoms with van der Waals surface area (Å²) in [5, 5.41) is 3.18. The first-order chi connectivity index (χ1) is 7.24. The average Bonchev–Trinajstić information content (AvgIpc) is 2.63. The van der Waals surface area contributed by atoms with Gasteiger partial charge in [0.15, 0.2) is 0 Å². The summed E-state index contributed by atoms with van der Waals surface area (Å²) in [6.07, 6.45) is 2.41. The summed E-state index contributed by atoms with van der Waals surface area (Å²) in [5.41, 5.74) is 1.89. The number of para-hydroxylation sites is 1. The number of nitrogens with one attached hydrogen (secondary N) is 1. The van der Waals surface area contributed by atoms with E-state index < -0.39 is 0 Å². The fourth-order valence-corrected chi connectivity index (χ4v) is 2.52. The molecule has 0 aliphatic carbocycles. The number of anilines is 1. The molecular formula is C13H18FN. The molecule has 1 aliphatic heterocycles. The third-order valence-electron chi connectivity index (χ3n) is 3.37. The van der Waals surface area contributed by atoms with Crippen LogP contribution >= 0.6 is 0 Å². The summed E-state index contributed by atoms with van der Waals surface area (Å²) < 4.78 is 13.5. The summed E-state index contributed by atoms with van der Waals surface area (Å²) in [4.78, 5) is 0. The number of hydrogen-bond donors (Lipinski definition) is 1. The van der Waals surface area contributed by atoms with E-state index in [9.17, 15) is 4.39 Å². The van der Waals surface area contributed by atoms with Gasteiger partial charge < -0.3 is 5.32 Å². The molecule has 15 heavy (non-hydrogen) atoms. The van der Waals surface area contributed by atoms with Crippen molar-refractivity contribution in [2.45, 2.75) is 32.6 Å². The second-order valence-electron chi connectivity index (χ2n) is 4.46. The highest BCUT2D eigenvalue weighted by molar-refractivity contribution is 5.58. The quantitative estimate of drug-likeness (QED) is 0.795. The fourth-order valence-electron chi connectivity index (χ4n) is 2.52. The molecule has 2 rings (SSSR count). The van der Waals surface area contributed by atoms with Gasteiger partial charge >= 0.3 is 0 Å². The zero-order chi connectivity index (χ0) is 10.8. The lowest BCUT2D eigenvalue weighted by Gasteiger charge is -2.18. The lowest BCUT2D eigenvalue weighted by Crippen LogP contribution is -2.11. The molecule has 1 aromatic rings. The highest BCUT2D eigenvalue weighted by Crippen LogP contribution is 2.38. The Morgan fingerprint density at radius 2 is 2.33 bits per heavy atom. The van der Waals surface area contributed by atoms with Gasteiger partial charge in [0, 0.05) is 12.5 Å². The van der Waals surface area contributed by atoms with Gasteiger partial charge in [-0.3, -0.25) is 0 Å². The maximum absolute atomic E-state index is 13.5. The number of rotatable bonds is 3. The number of benzene rings is 1. The number of fused-ring (bicyclic) bond motifs is 1. The third kappa shape index (κ3) is 1.85. The van der Waals surface area contributed by atoms with Crippen LogP contribution in [0.4, 0.5) is 10.1 Å². The van der Waals surface area contributed by atoms with Crippen molar-refractivity contribution in [2.24, 2.45) is 5.92 Å². The predicted octanol–water partition coefficient (Wildman–Crippen LogP) is 3.77. The largest absolute Gasteiger partial charge is 0.382 e. The molecule has 0 fully saturated rings. The van der Waals surface area contributed by atoms with Crippen LogP contribution in [0, 0.1) is 11.7 Å². The summed E-state index contributed by atoms with van der Waals surface area (Å²) in [5.74, 6) is 1.000. The van der Waals surface area contributed by atoms with Gasteiger partial charge in [-0.1, -0.05) is 38.8 Å². The van der Waals surface area contributed by atoms with Crippen LogP contribution in [0.5, 0.6) is 0 Å². The van der Waals surface area contributed by atoms with Crippen molar-refractivity contribution in [2.75, 3.05) is 11.9 Å². The summed E-state index contributed by atoms with van der Waals surface area (Å²) >= 11 is 0. The van der Waals surface area contributed by atoms with Gasteiger partial charge in [0.1, 0.15) is 5.82 Å². The first-order valence-electron chi connectivity index (χ1n) is 5.76. The van der Waals surface area contributed by atoms with Crippen molar-refractivity contribution in [1.29, 1.82) is 0 Å². The third-order valence-corrected chi connectivity index (χ3v) is 3.37. The van der Waals surface area contributed by atoms with E-state index in [-0.39, 0.29) is 5.82 Å². The Bertz CT molecular complexity index is 348. The molecule has 0 saturated carbocycles. The minimum atomic E-state index is -0.112. The molecule has 2 heteroatoms. The Labute approximate surface area is 90.7 Å². The minimum absolute atomic E-state index is 0.112. The Hall–Kier alpha value is -1.05. The summed E-state index contributed by atoms with van der Waals surface area (Å²) in [6.45, 7) is 5.35. The van der Waals surface area contributed by atoms with E-state index in [2.05, 4.69) is 25.2 Å². The lowest BCUT2D eigenvalue weighted by molar-refractivity contribution is 0.447. The second-order valence-corrected chi connectivity index (χ2v) is 4.46. The highest BCUT2D eigenvalue weighted by atomic mass is 19.1. The maximum Gasteiger partial charge on any atom is 0.146 e. The van der Waals surface area contributed by atoms with Crippen molar-refractivity contribution >= 4 is 5.69 Å². The Morgan fingerprint density at radius 3 is 3.07 bits per heavy atom. The minimum Gasteiger partial charge on any atom is -0.382 e. The highest BCUT2D eigenvalue weighted by Gasteiger charge is 2.28. The molecule has 0 saturated heterocycles. The smallest absolute Gasteiger partial charge is 0.146 e. The maximum atomic E-state index is 13.5. The van der Waals surface area contributed by atoms with E-state index in [0.29, 0.717) is 11.8 Å². The van der Waals surface area contributed by atoms with Crippen molar-refractivity contribution in [3.05, 3.63) is 29.6 Å². The zero-order valence-corrected chi connectivity index (χ0v) is 9.39. The predicted molar refractivity (Wildman–Crippen MR) is 61.7 cm³/mol. The van der Waals surface area contributed by atoms with Crippen molar-refractivity contribution in [3.8, 4) is 0 Å². The van der Waals surface area contributed by atoms with E-state index in [0.717, 1.165) is 17.8 Å². The van der Waals surface area contributed by atoms with Crippen LogP contribution in [-0.2, 0) is 0 Å². The molecule has 1 heterocycles. The van der Waals surface area contributed by atoms with E-state index in [1.165, 1.54) is 18.9 Å². The molecular weight excluding hydrogens is 189 g/mol. The molecule has 1 N–H and O–H groups in total. The van der Waals surface area contributed by atoms with E-state index in [1.54, 1.807) is 0 Å². The Kier molecular flexibility index (Phi) is 2.94. The zero-order valence-electron chi connectivity index (χ0n) is 9.39. The normalized spacial score (nSPS) is 20.9. The van der Waals surface area contributed by atoms with Crippen LogP contribution in [0.2, 0.25) is 0 Å². The Morgan fingerprint density at radius 1 is 1.53 bits per heavy atom. The molecule has 0 bridgehead atoms. The van der Waals surface area contributed by atoms with Gasteiger partial charge in [-0.25, -0.2) is 4.39 Å². The first kappa shape index (κ1) is 10.5. The van der Waals surface area contributed by atoms with Gasteiger partial charge in [0.05, 0.1) is 5.69 Å². The molecule has 2 atom stereocenters. The van der Waals surface area contributed by atoms with E-state index >= 15 is 0 Å². The fraction of sp³-hybridized carbons (Fsp3) is 0.538. The average molecular weight is 207 g/mol. The van der Waals surface area contributed by atoms with Crippen LogP contribution in [-0.4, -0.2) is 6.54 Å². The second kappa shape index (κ2) is 4.21. The van der Waals surface area contributed by atoms with Gasteiger partial charge in [-0.2, -0.15) is 0 Å². The SMILES string of the molecule is CCCC(C)C1CNc2c(F)cccc21. The molecule has 1 nitrogen and oxygen atoms in total. The molecule has 1 aliphatic rings. The first-order valence-corrected chi connectivity index (χ1v) is 5.76. The number of halogens is 1. The summed E-state index contributed by atoms with van der Waals surface area (Å²) in [6, 6.07) is 5.39. The van der Waals surface area contributed by atoms with Gasteiger partial charge in [0.25, 0.3) is 0 Å². The molecule has 0 aromatic heterocycles. The van der Waals surface area contributed by atoms with E-state index in [1.807, 2.05) is 6.07 Å².